The second-order valence-corrected chi connectivity index (χ2v) is 15.6. The van der Waals surface area contributed by atoms with E-state index in [1.54, 1.807) is 0 Å². The Labute approximate surface area is 133 Å². The highest BCUT2D eigenvalue weighted by Gasteiger charge is 2.59. The van der Waals surface area contributed by atoms with Crippen LogP contribution in [0.15, 0.2) is 11.8 Å². The van der Waals surface area contributed by atoms with Crippen LogP contribution in [-0.4, -0.2) is 34.6 Å². The summed E-state index contributed by atoms with van der Waals surface area (Å²) in [5.41, 5.74) is -3.71. The van der Waals surface area contributed by atoms with Crippen LogP contribution in [0.5, 0.6) is 0 Å². The van der Waals surface area contributed by atoms with E-state index in [0.717, 1.165) is 6.07 Å². The third-order valence-corrected chi connectivity index (χ3v) is 3.85. The lowest BCUT2D eigenvalue weighted by Crippen LogP contribution is -2.51. The number of halogens is 6. The molecule has 0 aromatic carbocycles. The first kappa shape index (κ1) is 22.0. The molecule has 0 rings (SSSR count). The van der Waals surface area contributed by atoms with Gasteiger partial charge in [0.15, 0.2) is 14.1 Å². The molecule has 1 atom stereocenters. The van der Waals surface area contributed by atoms with Gasteiger partial charge in [0.2, 0.25) is 8.32 Å². The van der Waals surface area contributed by atoms with Crippen LogP contribution in [0.3, 0.4) is 0 Å². The number of nitrogens with zero attached hydrogens (tertiary/aromatic N) is 1. The Bertz CT molecular complexity index is 496. The van der Waals surface area contributed by atoms with Gasteiger partial charge in [-0.3, -0.25) is 0 Å². The Morgan fingerprint density at radius 1 is 0.913 bits per heavy atom. The molecule has 0 spiro atoms. The minimum atomic E-state index is -5.35. The third-order valence-electron chi connectivity index (χ3n) is 2.08. The van der Waals surface area contributed by atoms with E-state index in [4.69, 9.17) is 14.1 Å². The first-order chi connectivity index (χ1) is 9.83. The van der Waals surface area contributed by atoms with Gasteiger partial charge >= 0.3 is 12.4 Å². The Morgan fingerprint density at radius 3 is 1.57 bits per heavy atom. The summed E-state index contributed by atoms with van der Waals surface area (Å²) in [6.07, 6.45) is -10.8. The molecule has 3 nitrogen and oxygen atoms in total. The maximum Gasteiger partial charge on any atom is 0.447 e. The maximum absolute atomic E-state index is 13.3. The van der Waals surface area contributed by atoms with Crippen LogP contribution in [0.2, 0.25) is 39.3 Å². The van der Waals surface area contributed by atoms with Crippen molar-refractivity contribution in [3.63, 3.8) is 0 Å². The highest BCUT2D eigenvalue weighted by atomic mass is 28.4. The van der Waals surface area contributed by atoms with Gasteiger partial charge in [0, 0.05) is 6.08 Å². The maximum atomic E-state index is 13.3. The Kier molecular flexibility index (Phi) is 6.20. The van der Waals surface area contributed by atoms with Crippen molar-refractivity contribution >= 4 is 16.6 Å². The number of rotatable bonds is 5. The summed E-state index contributed by atoms with van der Waals surface area (Å²) in [6.45, 7) is 8.16. The third kappa shape index (κ3) is 6.96. The lowest BCUT2D eigenvalue weighted by atomic mass is 10.0. The normalized spacial score (nSPS) is 17.4. The van der Waals surface area contributed by atoms with Crippen LogP contribution >= 0.6 is 0 Å². The molecule has 134 valence electrons. The lowest BCUT2D eigenvalue weighted by molar-refractivity contribution is -0.213. The van der Waals surface area contributed by atoms with Gasteiger partial charge < -0.3 is 8.85 Å². The van der Waals surface area contributed by atoms with Gasteiger partial charge in [0.05, 0.1) is 0 Å². The van der Waals surface area contributed by atoms with Crippen molar-refractivity contribution < 1.29 is 35.2 Å². The first-order valence-corrected chi connectivity index (χ1v) is 13.3. The molecule has 0 aliphatic rings. The molecule has 0 aliphatic heterocycles. The molecule has 0 saturated carbocycles. The van der Waals surface area contributed by atoms with E-state index in [9.17, 15) is 26.3 Å². The van der Waals surface area contributed by atoms with Crippen LogP contribution < -0.4 is 0 Å². The lowest BCUT2D eigenvalue weighted by Gasteiger charge is -2.34. The number of alkyl halides is 6. The van der Waals surface area contributed by atoms with Gasteiger partial charge in [-0.05, 0) is 39.3 Å². The van der Waals surface area contributed by atoms with E-state index in [2.05, 4.69) is 0 Å². The molecule has 1 unspecified atom stereocenters. The van der Waals surface area contributed by atoms with Gasteiger partial charge in [-0.2, -0.15) is 31.6 Å². The molecular weight excluding hydrogens is 360 g/mol. The molecule has 0 aromatic heterocycles. The summed E-state index contributed by atoms with van der Waals surface area (Å²) < 4.78 is 88.6. The largest absolute Gasteiger partial charge is 0.541 e. The Balaban J connectivity index is 6.30. The van der Waals surface area contributed by atoms with Crippen molar-refractivity contribution in [3.05, 3.63) is 11.8 Å². The SMILES string of the molecule is C[Si](C)(C)O/C(=C\C(C#N)(O[Si](C)(C)C)C(F)(F)F)C(F)(F)F. The molecule has 0 aliphatic carbocycles. The van der Waals surface area contributed by atoms with Crippen LogP contribution in [0.1, 0.15) is 0 Å². The summed E-state index contributed by atoms with van der Waals surface area (Å²) in [6, 6.07) is 0.847. The molecule has 23 heavy (non-hydrogen) atoms. The van der Waals surface area contributed by atoms with E-state index in [-0.39, 0.29) is 6.08 Å². The topological polar surface area (TPSA) is 42.2 Å². The average molecular weight is 379 g/mol. The predicted octanol–water partition coefficient (Wildman–Crippen LogP) is 4.96. The fraction of sp³-hybridized carbons (Fsp3) is 0.750. The zero-order chi connectivity index (χ0) is 18.9. The number of nitriles is 1. The number of allylic oxidation sites excluding steroid dienone is 1. The minimum Gasteiger partial charge on any atom is -0.541 e. The Morgan fingerprint density at radius 2 is 1.35 bits per heavy atom. The van der Waals surface area contributed by atoms with Crippen molar-refractivity contribution in [1.82, 2.24) is 0 Å². The van der Waals surface area contributed by atoms with Crippen molar-refractivity contribution in [2.75, 3.05) is 0 Å². The van der Waals surface area contributed by atoms with Crippen LogP contribution in [-0.2, 0) is 8.85 Å². The van der Waals surface area contributed by atoms with E-state index >= 15 is 0 Å². The predicted molar refractivity (Wildman–Crippen MR) is 77.4 cm³/mol. The monoisotopic (exact) mass is 379 g/mol. The number of hydrogen-bond acceptors (Lipinski definition) is 3. The quantitative estimate of drug-likeness (QED) is 0.385. The Hall–Kier alpha value is -0.996. The highest BCUT2D eigenvalue weighted by Crippen LogP contribution is 2.40. The van der Waals surface area contributed by atoms with E-state index < -0.39 is 40.3 Å². The smallest absolute Gasteiger partial charge is 0.447 e. The summed E-state index contributed by atoms with van der Waals surface area (Å²) in [4.78, 5) is 0. The van der Waals surface area contributed by atoms with Crippen LogP contribution in [0.4, 0.5) is 26.3 Å². The van der Waals surface area contributed by atoms with Crippen molar-refractivity contribution in [1.29, 1.82) is 5.26 Å². The van der Waals surface area contributed by atoms with Gasteiger partial charge in [0.25, 0.3) is 5.60 Å². The second-order valence-electron chi connectivity index (χ2n) is 6.78. The second kappa shape index (κ2) is 6.48. The molecule has 0 amide bonds. The molecule has 0 N–H and O–H groups in total. The van der Waals surface area contributed by atoms with Crippen LogP contribution in [0, 0.1) is 11.3 Å². The highest BCUT2D eigenvalue weighted by molar-refractivity contribution is 6.70. The molecule has 0 aromatic rings. The zero-order valence-corrected chi connectivity index (χ0v) is 15.6. The van der Waals surface area contributed by atoms with Gasteiger partial charge in [-0.25, -0.2) is 0 Å². The zero-order valence-electron chi connectivity index (χ0n) is 13.6. The summed E-state index contributed by atoms with van der Waals surface area (Å²) in [5.74, 6) is -1.85. The first-order valence-electron chi connectivity index (χ1n) is 6.50. The van der Waals surface area contributed by atoms with E-state index in [1.807, 2.05) is 0 Å². The molecule has 0 heterocycles. The summed E-state index contributed by atoms with van der Waals surface area (Å²) in [7, 11) is -5.88. The fourth-order valence-corrected chi connectivity index (χ4v) is 3.47. The molecule has 11 heteroatoms. The van der Waals surface area contributed by atoms with Crippen molar-refractivity contribution in [2.45, 2.75) is 57.2 Å². The van der Waals surface area contributed by atoms with Crippen molar-refractivity contribution in [3.8, 4) is 6.07 Å². The van der Waals surface area contributed by atoms with E-state index in [1.165, 1.54) is 39.3 Å². The molecular formula is C12H19F6NO2Si2. The van der Waals surface area contributed by atoms with Gasteiger partial charge in [-0.1, -0.05) is 0 Å². The van der Waals surface area contributed by atoms with Crippen molar-refractivity contribution in [2.24, 2.45) is 0 Å². The van der Waals surface area contributed by atoms with Gasteiger partial charge in [-0.15, -0.1) is 0 Å². The average Bonchev–Trinajstić information content (AvgIpc) is 2.20. The molecule has 0 bridgehead atoms. The molecule has 0 fully saturated rings. The molecule has 0 saturated heterocycles. The summed E-state index contributed by atoms with van der Waals surface area (Å²) in [5, 5.41) is 8.96. The summed E-state index contributed by atoms with van der Waals surface area (Å²) >= 11 is 0. The van der Waals surface area contributed by atoms with E-state index in [0.29, 0.717) is 0 Å². The van der Waals surface area contributed by atoms with Crippen LogP contribution in [0.25, 0.3) is 0 Å². The fourth-order valence-electron chi connectivity index (χ4n) is 1.45. The number of hydrogen-bond donors (Lipinski definition) is 0. The minimum absolute atomic E-state index is 0.288. The van der Waals surface area contributed by atoms with Gasteiger partial charge in [0.1, 0.15) is 6.07 Å². The standard InChI is InChI=1S/C12H19F6NO2Si2/c1-22(2,3)20-9(11(13,14)15)7-10(8-19,12(16,17)18)21-23(4,5)6/h7H,1-6H3/b9-7-. The molecule has 0 radical (unpaired) electrons.